The van der Waals surface area contributed by atoms with Gasteiger partial charge in [0.25, 0.3) is 0 Å². The number of hydrogen-bond donors (Lipinski definition) is 2. The lowest BCUT2D eigenvalue weighted by Crippen LogP contribution is -2.40. The van der Waals surface area contributed by atoms with Gasteiger partial charge in [0.1, 0.15) is 5.75 Å². The van der Waals surface area contributed by atoms with E-state index in [1.54, 1.807) is 7.11 Å². The lowest BCUT2D eigenvalue weighted by atomic mass is 9.81. The third kappa shape index (κ3) is 5.94. The number of piperidine rings is 1. The SMILES string of the molecule is COc1ccc(CN2CCC(CNC(=O)C3CCC(CN)CC3)CC2)cc1. The highest BCUT2D eigenvalue weighted by Gasteiger charge is 2.26. The third-order valence-corrected chi connectivity index (χ3v) is 6.39. The summed E-state index contributed by atoms with van der Waals surface area (Å²) in [7, 11) is 1.70. The van der Waals surface area contributed by atoms with Crippen LogP contribution in [0, 0.1) is 17.8 Å². The smallest absolute Gasteiger partial charge is 0.223 e. The highest BCUT2D eigenvalue weighted by Crippen LogP contribution is 2.28. The first-order valence-electron chi connectivity index (χ1n) is 10.5. The molecule has 1 aromatic carbocycles. The summed E-state index contributed by atoms with van der Waals surface area (Å²) in [5.74, 6) is 2.63. The number of likely N-dealkylation sites (tertiary alicyclic amines) is 1. The molecule has 1 amide bonds. The molecule has 5 heteroatoms. The van der Waals surface area contributed by atoms with E-state index in [1.807, 2.05) is 12.1 Å². The van der Waals surface area contributed by atoms with E-state index >= 15 is 0 Å². The lowest BCUT2D eigenvalue weighted by Gasteiger charge is -2.32. The van der Waals surface area contributed by atoms with E-state index in [4.69, 9.17) is 10.5 Å². The minimum atomic E-state index is 0.211. The van der Waals surface area contributed by atoms with Crippen molar-refractivity contribution in [2.45, 2.75) is 45.1 Å². The maximum atomic E-state index is 12.4. The van der Waals surface area contributed by atoms with E-state index < -0.39 is 0 Å². The maximum absolute atomic E-state index is 12.4. The fourth-order valence-electron chi connectivity index (χ4n) is 4.39. The Labute approximate surface area is 163 Å². The second kappa shape index (κ2) is 10.1. The summed E-state index contributed by atoms with van der Waals surface area (Å²) in [6.45, 7) is 4.81. The van der Waals surface area contributed by atoms with Gasteiger partial charge in [-0.15, -0.1) is 0 Å². The second-order valence-electron chi connectivity index (χ2n) is 8.27. The van der Waals surface area contributed by atoms with Crippen LogP contribution in [0.15, 0.2) is 24.3 Å². The van der Waals surface area contributed by atoms with E-state index in [9.17, 15) is 4.79 Å². The zero-order chi connectivity index (χ0) is 19.1. The molecule has 3 rings (SSSR count). The number of carbonyl (C=O) groups excluding carboxylic acids is 1. The first-order valence-corrected chi connectivity index (χ1v) is 10.5. The Balaban J connectivity index is 1.34. The quantitative estimate of drug-likeness (QED) is 0.771. The summed E-state index contributed by atoms with van der Waals surface area (Å²) in [5.41, 5.74) is 7.07. The van der Waals surface area contributed by atoms with Gasteiger partial charge in [-0.05, 0) is 87.7 Å². The summed E-state index contributed by atoms with van der Waals surface area (Å²) in [6.07, 6.45) is 6.56. The molecule has 0 spiro atoms. The average molecular weight is 374 g/mol. The normalized spacial score (nSPS) is 24.5. The number of benzene rings is 1. The Morgan fingerprint density at radius 1 is 1.07 bits per heavy atom. The van der Waals surface area contributed by atoms with Gasteiger partial charge in [-0.25, -0.2) is 0 Å². The van der Waals surface area contributed by atoms with Gasteiger partial charge in [-0.2, -0.15) is 0 Å². The maximum Gasteiger partial charge on any atom is 0.223 e. The van der Waals surface area contributed by atoms with Crippen molar-refractivity contribution in [3.05, 3.63) is 29.8 Å². The van der Waals surface area contributed by atoms with E-state index in [2.05, 4.69) is 22.3 Å². The van der Waals surface area contributed by atoms with Gasteiger partial charge in [-0.3, -0.25) is 9.69 Å². The number of nitrogens with one attached hydrogen (secondary N) is 1. The predicted octanol–water partition coefficient (Wildman–Crippen LogP) is 2.79. The second-order valence-corrected chi connectivity index (χ2v) is 8.27. The molecule has 0 radical (unpaired) electrons. The van der Waals surface area contributed by atoms with Crippen LogP contribution in [0.2, 0.25) is 0 Å². The molecule has 1 aromatic rings. The molecular weight excluding hydrogens is 338 g/mol. The van der Waals surface area contributed by atoms with Crippen molar-refractivity contribution in [2.75, 3.05) is 33.3 Å². The van der Waals surface area contributed by atoms with Crippen LogP contribution in [0.1, 0.15) is 44.1 Å². The van der Waals surface area contributed by atoms with Gasteiger partial charge < -0.3 is 15.8 Å². The molecule has 0 unspecified atom stereocenters. The van der Waals surface area contributed by atoms with Crippen LogP contribution in [0.3, 0.4) is 0 Å². The number of rotatable bonds is 7. The number of nitrogens with two attached hydrogens (primary N) is 1. The molecule has 0 atom stereocenters. The summed E-state index contributed by atoms with van der Waals surface area (Å²) < 4.78 is 5.22. The van der Waals surface area contributed by atoms with Gasteiger partial charge in [0.2, 0.25) is 5.91 Å². The van der Waals surface area contributed by atoms with Crippen molar-refractivity contribution >= 4 is 5.91 Å². The number of amides is 1. The van der Waals surface area contributed by atoms with Crippen LogP contribution in [0.4, 0.5) is 0 Å². The molecule has 1 heterocycles. The van der Waals surface area contributed by atoms with Crippen LogP contribution in [0.25, 0.3) is 0 Å². The number of ether oxygens (including phenoxy) is 1. The van der Waals surface area contributed by atoms with E-state index in [1.165, 1.54) is 5.56 Å². The summed E-state index contributed by atoms with van der Waals surface area (Å²) in [6, 6.07) is 8.34. The van der Waals surface area contributed by atoms with Gasteiger partial charge in [0.05, 0.1) is 7.11 Å². The van der Waals surface area contributed by atoms with E-state index in [0.717, 1.165) is 77.0 Å². The number of hydrogen-bond acceptors (Lipinski definition) is 4. The van der Waals surface area contributed by atoms with Crippen LogP contribution in [-0.4, -0.2) is 44.1 Å². The standard InChI is InChI=1S/C22H35N3O2/c1-27-21-8-4-19(5-9-21)16-25-12-10-18(11-13-25)15-24-22(26)20-6-2-17(14-23)3-7-20/h4-5,8-9,17-18,20H,2-3,6-7,10-16,23H2,1H3,(H,24,26). The molecule has 3 N–H and O–H groups in total. The summed E-state index contributed by atoms with van der Waals surface area (Å²) >= 11 is 0. The number of methoxy groups -OCH3 is 1. The fraction of sp³-hybridized carbons (Fsp3) is 0.682. The molecule has 1 saturated carbocycles. The minimum Gasteiger partial charge on any atom is -0.497 e. The van der Waals surface area contributed by atoms with Crippen LogP contribution in [-0.2, 0) is 11.3 Å². The Hall–Kier alpha value is -1.59. The lowest BCUT2D eigenvalue weighted by molar-refractivity contribution is -0.126. The molecule has 0 bridgehead atoms. The van der Waals surface area contributed by atoms with Crippen molar-refractivity contribution in [1.29, 1.82) is 0 Å². The Bertz CT molecular complexity index is 574. The monoisotopic (exact) mass is 373 g/mol. The summed E-state index contributed by atoms with van der Waals surface area (Å²) in [5, 5.41) is 3.23. The molecule has 2 aliphatic rings. The molecule has 1 aliphatic carbocycles. The third-order valence-electron chi connectivity index (χ3n) is 6.39. The van der Waals surface area contributed by atoms with Crippen molar-refractivity contribution in [3.63, 3.8) is 0 Å². The summed E-state index contributed by atoms with van der Waals surface area (Å²) in [4.78, 5) is 14.9. The first-order chi connectivity index (χ1) is 13.2. The first kappa shape index (κ1) is 20.2. The Morgan fingerprint density at radius 2 is 1.74 bits per heavy atom. The largest absolute Gasteiger partial charge is 0.497 e. The zero-order valence-electron chi connectivity index (χ0n) is 16.7. The number of nitrogens with zero attached hydrogens (tertiary/aromatic N) is 1. The molecule has 0 aromatic heterocycles. The molecule has 5 nitrogen and oxygen atoms in total. The highest BCUT2D eigenvalue weighted by atomic mass is 16.5. The minimum absolute atomic E-state index is 0.211. The Kier molecular flexibility index (Phi) is 7.53. The van der Waals surface area contributed by atoms with Crippen LogP contribution >= 0.6 is 0 Å². The van der Waals surface area contributed by atoms with Crippen molar-refractivity contribution in [2.24, 2.45) is 23.5 Å². The predicted molar refractivity (Wildman–Crippen MR) is 109 cm³/mol. The van der Waals surface area contributed by atoms with Crippen molar-refractivity contribution < 1.29 is 9.53 Å². The topological polar surface area (TPSA) is 67.6 Å². The van der Waals surface area contributed by atoms with Crippen molar-refractivity contribution in [3.8, 4) is 5.75 Å². The molecule has 2 fully saturated rings. The van der Waals surface area contributed by atoms with Crippen LogP contribution < -0.4 is 15.8 Å². The molecule has 27 heavy (non-hydrogen) atoms. The number of carbonyl (C=O) groups is 1. The highest BCUT2D eigenvalue weighted by molar-refractivity contribution is 5.78. The fourth-order valence-corrected chi connectivity index (χ4v) is 4.39. The van der Waals surface area contributed by atoms with Gasteiger partial charge in [-0.1, -0.05) is 12.1 Å². The van der Waals surface area contributed by atoms with Crippen molar-refractivity contribution in [1.82, 2.24) is 10.2 Å². The van der Waals surface area contributed by atoms with Crippen LogP contribution in [0.5, 0.6) is 5.75 Å². The van der Waals surface area contributed by atoms with E-state index in [0.29, 0.717) is 11.8 Å². The Morgan fingerprint density at radius 3 is 2.33 bits per heavy atom. The average Bonchev–Trinajstić information content (AvgIpc) is 2.73. The zero-order valence-corrected chi connectivity index (χ0v) is 16.7. The van der Waals surface area contributed by atoms with Gasteiger partial charge >= 0.3 is 0 Å². The van der Waals surface area contributed by atoms with E-state index in [-0.39, 0.29) is 11.8 Å². The molecule has 1 saturated heterocycles. The molecule has 150 valence electrons. The van der Waals surface area contributed by atoms with Gasteiger partial charge in [0, 0.05) is 19.0 Å². The molecular formula is C22H35N3O2. The molecule has 1 aliphatic heterocycles. The van der Waals surface area contributed by atoms with Gasteiger partial charge in [0.15, 0.2) is 0 Å².